The number of rotatable bonds is 7. The first-order valence-electron chi connectivity index (χ1n) is 6.72. The summed E-state index contributed by atoms with van der Waals surface area (Å²) in [4.78, 5) is 21.9. The second-order valence-electron chi connectivity index (χ2n) is 4.75. The molecule has 0 aliphatic heterocycles. The van der Waals surface area contributed by atoms with E-state index in [0.29, 0.717) is 0 Å². The molecule has 0 saturated carbocycles. The van der Waals surface area contributed by atoms with Gasteiger partial charge in [-0.15, -0.1) is 5.10 Å². The number of hydrogen-bond acceptors (Lipinski definition) is 7. The van der Waals surface area contributed by atoms with Crippen molar-refractivity contribution >= 4 is 17.3 Å². The number of alkyl halides is 3. The third-order valence-corrected chi connectivity index (χ3v) is 2.75. The van der Waals surface area contributed by atoms with Crippen LogP contribution in [0.3, 0.4) is 0 Å². The molecule has 0 bridgehead atoms. The van der Waals surface area contributed by atoms with E-state index in [0.717, 1.165) is 18.2 Å². The van der Waals surface area contributed by atoms with Crippen molar-refractivity contribution < 1.29 is 27.6 Å². The van der Waals surface area contributed by atoms with Crippen molar-refractivity contribution in [2.24, 2.45) is 0 Å². The fourth-order valence-corrected chi connectivity index (χ4v) is 1.73. The molecule has 0 spiro atoms. The van der Waals surface area contributed by atoms with Crippen molar-refractivity contribution in [1.82, 2.24) is 20.2 Å². The molecule has 0 aliphatic carbocycles. The average molecular weight is 360 g/mol. The number of amides is 1. The summed E-state index contributed by atoms with van der Waals surface area (Å²) in [5.74, 6) is -0.917. The zero-order chi connectivity index (χ0) is 18.4. The number of nitrogens with one attached hydrogen (secondary N) is 1. The maximum Gasteiger partial charge on any atom is 0.422 e. The number of nitro benzene ring substituents is 1. The minimum Gasteiger partial charge on any atom is -0.484 e. The number of carbonyl (C=O) groups is 1. The Morgan fingerprint density at radius 3 is 2.72 bits per heavy atom. The highest BCUT2D eigenvalue weighted by Crippen LogP contribution is 2.27. The van der Waals surface area contributed by atoms with Crippen molar-refractivity contribution in [3.63, 3.8) is 0 Å². The summed E-state index contributed by atoms with van der Waals surface area (Å²) in [5.41, 5.74) is -0.580. The number of halogens is 3. The van der Waals surface area contributed by atoms with E-state index in [-0.39, 0.29) is 24.4 Å². The maximum atomic E-state index is 12.2. The van der Waals surface area contributed by atoms with E-state index >= 15 is 0 Å². The van der Waals surface area contributed by atoms with Crippen LogP contribution < -0.4 is 10.1 Å². The van der Waals surface area contributed by atoms with Crippen molar-refractivity contribution in [2.75, 3.05) is 11.9 Å². The van der Waals surface area contributed by atoms with Crippen LogP contribution >= 0.6 is 0 Å². The second-order valence-corrected chi connectivity index (χ2v) is 4.75. The first-order chi connectivity index (χ1) is 11.7. The largest absolute Gasteiger partial charge is 0.484 e. The minimum absolute atomic E-state index is 0.0491. The van der Waals surface area contributed by atoms with E-state index in [1.165, 1.54) is 11.0 Å². The molecule has 13 heteroatoms. The molecule has 0 unspecified atom stereocenters. The summed E-state index contributed by atoms with van der Waals surface area (Å²) in [5, 5.41) is 23.5. The molecular weight excluding hydrogens is 349 g/mol. The molecule has 0 saturated heterocycles. The lowest BCUT2D eigenvalue weighted by molar-refractivity contribution is -0.384. The van der Waals surface area contributed by atoms with Crippen LogP contribution in [0.4, 0.5) is 24.5 Å². The predicted octanol–water partition coefficient (Wildman–Crippen LogP) is 1.55. The van der Waals surface area contributed by atoms with Gasteiger partial charge in [-0.3, -0.25) is 14.9 Å². The fourth-order valence-electron chi connectivity index (χ4n) is 1.73. The molecule has 134 valence electrons. The van der Waals surface area contributed by atoms with Crippen molar-refractivity contribution in [1.29, 1.82) is 0 Å². The summed E-state index contributed by atoms with van der Waals surface area (Å²) in [6.07, 6.45) is -3.35. The van der Waals surface area contributed by atoms with Gasteiger partial charge in [0.1, 0.15) is 12.1 Å². The number of benzene rings is 1. The van der Waals surface area contributed by atoms with E-state index in [9.17, 15) is 28.1 Å². The lowest BCUT2D eigenvalue weighted by atomic mass is 10.2. The number of aromatic nitrogens is 4. The maximum absolute atomic E-state index is 12.2. The molecule has 1 aromatic carbocycles. The standard InChI is InChI=1S/C12H11F3N6O4/c13-12(14,15)6-25-10-4-8(3-9(5-10)21(23)24)17-11(22)1-2-20-7-16-18-19-20/h3-5,7H,1-2,6H2,(H,17,22). The smallest absolute Gasteiger partial charge is 0.422 e. The number of tetrazole rings is 1. The molecule has 1 heterocycles. The second kappa shape index (κ2) is 7.55. The number of ether oxygens (including phenoxy) is 1. The van der Waals surface area contributed by atoms with Crippen LogP contribution in [0.25, 0.3) is 0 Å². The van der Waals surface area contributed by atoms with Crippen molar-refractivity contribution in [3.8, 4) is 5.75 Å². The predicted molar refractivity (Wildman–Crippen MR) is 75.7 cm³/mol. The van der Waals surface area contributed by atoms with E-state index in [1.807, 2.05) is 0 Å². The Kier molecular flexibility index (Phi) is 5.46. The lowest BCUT2D eigenvalue weighted by Crippen LogP contribution is -2.19. The number of carbonyl (C=O) groups excluding carboxylic acids is 1. The highest BCUT2D eigenvalue weighted by atomic mass is 19.4. The van der Waals surface area contributed by atoms with Gasteiger partial charge in [-0.05, 0) is 10.4 Å². The highest BCUT2D eigenvalue weighted by Gasteiger charge is 2.28. The Morgan fingerprint density at radius 2 is 2.12 bits per heavy atom. The van der Waals surface area contributed by atoms with Crippen LogP contribution in [-0.2, 0) is 11.3 Å². The van der Waals surface area contributed by atoms with Gasteiger partial charge >= 0.3 is 6.18 Å². The van der Waals surface area contributed by atoms with Crippen molar-refractivity contribution in [2.45, 2.75) is 19.1 Å². The van der Waals surface area contributed by atoms with Gasteiger partial charge in [0.05, 0.1) is 23.2 Å². The zero-order valence-corrected chi connectivity index (χ0v) is 12.4. The summed E-state index contributed by atoms with van der Waals surface area (Å²) >= 11 is 0. The van der Waals surface area contributed by atoms with Crippen LogP contribution in [0.2, 0.25) is 0 Å². The highest BCUT2D eigenvalue weighted by molar-refractivity contribution is 5.91. The third-order valence-electron chi connectivity index (χ3n) is 2.75. The zero-order valence-electron chi connectivity index (χ0n) is 12.4. The Balaban J connectivity index is 2.05. The van der Waals surface area contributed by atoms with Crippen LogP contribution in [0.15, 0.2) is 24.5 Å². The topological polar surface area (TPSA) is 125 Å². The van der Waals surface area contributed by atoms with Crippen LogP contribution in [0.1, 0.15) is 6.42 Å². The summed E-state index contributed by atoms with van der Waals surface area (Å²) in [7, 11) is 0. The molecule has 1 aromatic heterocycles. The average Bonchev–Trinajstić information content (AvgIpc) is 3.03. The Bertz CT molecular complexity index is 750. The van der Waals surface area contributed by atoms with Crippen LogP contribution in [0, 0.1) is 10.1 Å². The van der Waals surface area contributed by atoms with Gasteiger partial charge in [0.15, 0.2) is 6.61 Å². The van der Waals surface area contributed by atoms with E-state index < -0.39 is 29.3 Å². The lowest BCUT2D eigenvalue weighted by Gasteiger charge is -2.11. The van der Waals surface area contributed by atoms with Gasteiger partial charge < -0.3 is 10.1 Å². The number of aryl methyl sites for hydroxylation is 1. The van der Waals surface area contributed by atoms with Crippen LogP contribution in [0.5, 0.6) is 5.75 Å². The van der Waals surface area contributed by atoms with Gasteiger partial charge in [0, 0.05) is 18.6 Å². The van der Waals surface area contributed by atoms with E-state index in [2.05, 4.69) is 25.6 Å². The quantitative estimate of drug-likeness (QED) is 0.586. The fraction of sp³-hybridized carbons (Fsp3) is 0.333. The molecule has 0 radical (unpaired) electrons. The van der Waals surface area contributed by atoms with Crippen LogP contribution in [-0.4, -0.2) is 43.8 Å². The normalized spacial score (nSPS) is 11.2. The van der Waals surface area contributed by atoms with Gasteiger partial charge in [-0.1, -0.05) is 0 Å². The molecule has 0 atom stereocenters. The van der Waals surface area contributed by atoms with Gasteiger partial charge in [-0.25, -0.2) is 4.68 Å². The Labute approximate surface area is 137 Å². The first kappa shape index (κ1) is 18.1. The van der Waals surface area contributed by atoms with E-state index in [4.69, 9.17) is 0 Å². The molecule has 0 aliphatic rings. The number of nitrogens with zero attached hydrogens (tertiary/aromatic N) is 5. The Hall–Kier alpha value is -3.25. The minimum atomic E-state index is -4.60. The van der Waals surface area contributed by atoms with E-state index in [1.54, 1.807) is 0 Å². The Morgan fingerprint density at radius 1 is 1.36 bits per heavy atom. The molecule has 10 nitrogen and oxygen atoms in total. The van der Waals surface area contributed by atoms with Crippen molar-refractivity contribution in [3.05, 3.63) is 34.6 Å². The number of anilines is 1. The van der Waals surface area contributed by atoms with Gasteiger partial charge in [-0.2, -0.15) is 13.2 Å². The molecule has 0 fully saturated rings. The molecule has 1 N–H and O–H groups in total. The number of hydrogen-bond donors (Lipinski definition) is 1. The summed E-state index contributed by atoms with van der Waals surface area (Å²) < 4.78 is 42.4. The molecule has 2 rings (SSSR count). The molecule has 1 amide bonds. The number of non-ortho nitro benzene ring substituents is 1. The summed E-state index contributed by atoms with van der Waals surface area (Å²) in [6.45, 7) is -1.45. The molecule has 2 aromatic rings. The SMILES string of the molecule is O=C(CCn1cnnn1)Nc1cc(OCC(F)(F)F)cc([N+](=O)[O-])c1. The number of nitro groups is 1. The third kappa shape index (κ3) is 6.04. The van der Waals surface area contributed by atoms with Gasteiger partial charge in [0.2, 0.25) is 5.91 Å². The summed E-state index contributed by atoms with van der Waals surface area (Å²) in [6, 6.07) is 2.91. The van der Waals surface area contributed by atoms with Gasteiger partial charge in [0.25, 0.3) is 5.69 Å². The molecular formula is C12H11F3N6O4. The first-order valence-corrected chi connectivity index (χ1v) is 6.72. The monoisotopic (exact) mass is 360 g/mol. The molecule has 25 heavy (non-hydrogen) atoms.